The van der Waals surface area contributed by atoms with Crippen LogP contribution in [0.5, 0.6) is 0 Å². The summed E-state index contributed by atoms with van der Waals surface area (Å²) in [6.07, 6.45) is 3.08. The normalized spacial score (nSPS) is 33.8. The molecule has 3 atom stereocenters. The van der Waals surface area contributed by atoms with E-state index in [4.69, 9.17) is 5.14 Å². The molecule has 3 N–H and O–H groups in total. The van der Waals surface area contributed by atoms with Crippen molar-refractivity contribution in [3.05, 3.63) is 0 Å². The Labute approximate surface area is 101 Å². The average Bonchev–Trinajstić information content (AvgIpc) is 2.70. The lowest BCUT2D eigenvalue weighted by molar-refractivity contribution is -0.143. The minimum atomic E-state index is -3.52. The zero-order chi connectivity index (χ0) is 12.6. The van der Waals surface area contributed by atoms with Crippen LogP contribution in [0.2, 0.25) is 0 Å². The molecular formula is C10H18N2O4S. The Balaban J connectivity index is 2.04. The van der Waals surface area contributed by atoms with E-state index >= 15 is 0 Å². The maximum atomic E-state index is 11.3. The van der Waals surface area contributed by atoms with Gasteiger partial charge >= 0.3 is 5.97 Å². The minimum absolute atomic E-state index is 0.170. The quantitative estimate of drug-likeness (QED) is 0.708. The van der Waals surface area contributed by atoms with Gasteiger partial charge in [0.05, 0.1) is 5.75 Å². The number of primary sulfonamides is 1. The van der Waals surface area contributed by atoms with Crippen molar-refractivity contribution >= 4 is 16.0 Å². The Morgan fingerprint density at radius 3 is 2.71 bits per heavy atom. The molecule has 98 valence electrons. The molecule has 0 spiro atoms. The average molecular weight is 262 g/mol. The molecular weight excluding hydrogens is 244 g/mol. The summed E-state index contributed by atoms with van der Waals surface area (Å²) in [6.45, 7) is 0.917. The van der Waals surface area contributed by atoms with Crippen LogP contribution < -0.4 is 5.14 Å². The van der Waals surface area contributed by atoms with Gasteiger partial charge in [-0.15, -0.1) is 0 Å². The van der Waals surface area contributed by atoms with Gasteiger partial charge in [0.2, 0.25) is 10.0 Å². The molecule has 0 aromatic rings. The molecule has 0 radical (unpaired) electrons. The van der Waals surface area contributed by atoms with Gasteiger partial charge in [-0.2, -0.15) is 0 Å². The molecule has 2 fully saturated rings. The van der Waals surface area contributed by atoms with Gasteiger partial charge in [0.25, 0.3) is 0 Å². The van der Waals surface area contributed by atoms with E-state index in [1.54, 1.807) is 4.90 Å². The predicted octanol–water partition coefficient (Wildman–Crippen LogP) is -0.540. The van der Waals surface area contributed by atoms with E-state index in [-0.39, 0.29) is 18.2 Å². The summed E-state index contributed by atoms with van der Waals surface area (Å²) in [7, 11) is -3.52. The predicted molar refractivity (Wildman–Crippen MR) is 61.8 cm³/mol. The Bertz CT molecular complexity index is 409. The van der Waals surface area contributed by atoms with Crippen LogP contribution in [0.15, 0.2) is 0 Å². The molecule has 6 nitrogen and oxygen atoms in total. The Hall–Kier alpha value is -0.660. The number of carboxylic acid groups (broad SMARTS) is 1. The summed E-state index contributed by atoms with van der Waals surface area (Å²) in [5, 5.41) is 14.2. The van der Waals surface area contributed by atoms with E-state index in [1.807, 2.05) is 0 Å². The summed E-state index contributed by atoms with van der Waals surface area (Å²) in [5.41, 5.74) is 0. The van der Waals surface area contributed by atoms with Crippen molar-refractivity contribution < 1.29 is 18.3 Å². The molecule has 0 aromatic carbocycles. The zero-order valence-electron chi connectivity index (χ0n) is 9.58. The summed E-state index contributed by atoms with van der Waals surface area (Å²) in [4.78, 5) is 13.0. The lowest BCUT2D eigenvalue weighted by atomic mass is 9.94. The van der Waals surface area contributed by atoms with Crippen molar-refractivity contribution in [3.63, 3.8) is 0 Å². The number of nitrogens with zero attached hydrogens (tertiary/aromatic N) is 1. The number of rotatable bonds is 4. The molecule has 3 unspecified atom stereocenters. The molecule has 0 amide bonds. The molecule has 1 aliphatic carbocycles. The molecule has 2 aliphatic rings. The number of nitrogens with two attached hydrogens (primary N) is 1. The number of likely N-dealkylation sites (tertiary alicyclic amines) is 1. The van der Waals surface area contributed by atoms with Gasteiger partial charge in [-0.25, -0.2) is 13.6 Å². The van der Waals surface area contributed by atoms with Crippen LogP contribution in [-0.4, -0.2) is 49.3 Å². The summed E-state index contributed by atoms with van der Waals surface area (Å²) in [5.74, 6) is -0.408. The number of hydrogen-bond acceptors (Lipinski definition) is 4. The molecule has 17 heavy (non-hydrogen) atoms. The van der Waals surface area contributed by atoms with Crippen LogP contribution in [0.1, 0.15) is 19.3 Å². The van der Waals surface area contributed by atoms with Crippen molar-refractivity contribution in [2.24, 2.45) is 17.0 Å². The second-order valence-corrected chi connectivity index (χ2v) is 6.73. The van der Waals surface area contributed by atoms with Gasteiger partial charge in [-0.05, 0) is 24.7 Å². The van der Waals surface area contributed by atoms with Crippen molar-refractivity contribution in [2.75, 3.05) is 18.8 Å². The van der Waals surface area contributed by atoms with E-state index in [9.17, 15) is 18.3 Å². The Morgan fingerprint density at radius 2 is 2.12 bits per heavy atom. The van der Waals surface area contributed by atoms with Gasteiger partial charge in [-0.3, -0.25) is 9.69 Å². The third-order valence-corrected chi connectivity index (χ3v) is 4.65. The number of hydrogen-bond donors (Lipinski definition) is 2. The minimum Gasteiger partial charge on any atom is -0.480 e. The first-order valence-electron chi connectivity index (χ1n) is 5.86. The fraction of sp³-hybridized carbons (Fsp3) is 0.900. The van der Waals surface area contributed by atoms with Crippen LogP contribution in [0.25, 0.3) is 0 Å². The van der Waals surface area contributed by atoms with Gasteiger partial charge < -0.3 is 5.11 Å². The summed E-state index contributed by atoms with van der Waals surface area (Å²) >= 11 is 0. The standard InChI is InChI=1S/C10H18N2O4S/c11-17(15,16)5-4-12-6-7-2-1-3-8(7)9(12)10(13)14/h7-9H,1-6H2,(H,13,14)(H2,11,15,16). The van der Waals surface area contributed by atoms with Crippen molar-refractivity contribution in [1.82, 2.24) is 4.90 Å². The Kier molecular flexibility index (Phi) is 3.42. The van der Waals surface area contributed by atoms with Crippen LogP contribution in [0.4, 0.5) is 0 Å². The van der Waals surface area contributed by atoms with E-state index in [0.717, 1.165) is 19.3 Å². The van der Waals surface area contributed by atoms with E-state index in [2.05, 4.69) is 0 Å². The van der Waals surface area contributed by atoms with Gasteiger partial charge in [0.1, 0.15) is 6.04 Å². The third-order valence-electron chi connectivity index (χ3n) is 3.90. The SMILES string of the molecule is NS(=O)(=O)CCN1CC2CCCC2C1C(=O)O. The highest BCUT2D eigenvalue weighted by molar-refractivity contribution is 7.89. The highest BCUT2D eigenvalue weighted by Gasteiger charge is 2.47. The summed E-state index contributed by atoms with van der Waals surface area (Å²) in [6, 6.07) is -0.524. The highest BCUT2D eigenvalue weighted by atomic mass is 32.2. The van der Waals surface area contributed by atoms with Crippen LogP contribution in [0.3, 0.4) is 0 Å². The molecule has 1 saturated heterocycles. The number of carboxylic acids is 1. The highest BCUT2D eigenvalue weighted by Crippen LogP contribution is 2.42. The smallest absolute Gasteiger partial charge is 0.321 e. The van der Waals surface area contributed by atoms with Crippen molar-refractivity contribution in [2.45, 2.75) is 25.3 Å². The first-order chi connectivity index (χ1) is 7.88. The molecule has 1 heterocycles. The van der Waals surface area contributed by atoms with Gasteiger partial charge in [0, 0.05) is 13.1 Å². The summed E-state index contributed by atoms with van der Waals surface area (Å²) < 4.78 is 21.8. The molecule has 1 aliphatic heterocycles. The molecule has 0 aromatic heterocycles. The first kappa shape index (κ1) is 12.8. The van der Waals surface area contributed by atoms with Crippen molar-refractivity contribution in [1.29, 1.82) is 0 Å². The van der Waals surface area contributed by atoms with Crippen LogP contribution in [0, 0.1) is 11.8 Å². The Morgan fingerprint density at radius 1 is 1.41 bits per heavy atom. The number of sulfonamides is 1. The first-order valence-corrected chi connectivity index (χ1v) is 7.57. The van der Waals surface area contributed by atoms with Crippen LogP contribution >= 0.6 is 0 Å². The largest absolute Gasteiger partial charge is 0.480 e. The van der Waals surface area contributed by atoms with Gasteiger partial charge in [-0.1, -0.05) is 6.42 Å². The maximum absolute atomic E-state index is 11.3. The molecule has 0 bridgehead atoms. The topological polar surface area (TPSA) is 101 Å². The molecule has 1 saturated carbocycles. The lowest BCUT2D eigenvalue weighted by Crippen LogP contribution is -2.42. The monoisotopic (exact) mass is 262 g/mol. The van der Waals surface area contributed by atoms with E-state index < -0.39 is 22.0 Å². The van der Waals surface area contributed by atoms with Gasteiger partial charge in [0.15, 0.2) is 0 Å². The van der Waals surface area contributed by atoms with Crippen LogP contribution in [-0.2, 0) is 14.8 Å². The molecule has 2 rings (SSSR count). The van der Waals surface area contributed by atoms with Crippen molar-refractivity contribution in [3.8, 4) is 0 Å². The fourth-order valence-electron chi connectivity index (χ4n) is 3.21. The van der Waals surface area contributed by atoms with E-state index in [1.165, 1.54) is 0 Å². The van der Waals surface area contributed by atoms with E-state index in [0.29, 0.717) is 12.5 Å². The lowest BCUT2D eigenvalue weighted by Gasteiger charge is -2.23. The maximum Gasteiger partial charge on any atom is 0.321 e. The second kappa shape index (κ2) is 4.55. The third kappa shape index (κ3) is 2.78. The molecule has 7 heteroatoms. The fourth-order valence-corrected chi connectivity index (χ4v) is 3.70. The zero-order valence-corrected chi connectivity index (χ0v) is 10.4. The number of fused-ring (bicyclic) bond motifs is 1. The second-order valence-electron chi connectivity index (χ2n) is 5.00. The number of carbonyl (C=O) groups is 1. The number of aliphatic carboxylic acids is 1.